The zero-order valence-electron chi connectivity index (χ0n) is 17.4. The van der Waals surface area contributed by atoms with Gasteiger partial charge >= 0.3 is 5.97 Å². The Labute approximate surface area is 184 Å². The van der Waals surface area contributed by atoms with E-state index < -0.39 is 11.6 Å². The molecule has 4 rings (SSSR count). The second-order valence-corrected chi connectivity index (χ2v) is 8.62. The molecule has 3 aromatic carbocycles. The van der Waals surface area contributed by atoms with Crippen LogP contribution in [-0.4, -0.2) is 28.3 Å². The van der Waals surface area contributed by atoms with Crippen LogP contribution in [-0.2, 0) is 11.2 Å². The number of fused-ring (bicyclic) bond motifs is 1. The van der Waals surface area contributed by atoms with Crippen molar-refractivity contribution < 1.29 is 19.4 Å². The van der Waals surface area contributed by atoms with E-state index >= 15 is 0 Å². The molecular formula is C25H23NO4S. The molecule has 0 bridgehead atoms. The number of carboxylic acid groups (broad SMARTS) is 1. The molecule has 0 amide bonds. The summed E-state index contributed by atoms with van der Waals surface area (Å²) in [5, 5.41) is 14.7. The fourth-order valence-corrected chi connectivity index (χ4v) is 3.89. The lowest BCUT2D eigenvalue weighted by atomic mass is 10.1. The maximum absolute atomic E-state index is 11.2. The molecule has 1 N–H and O–H groups in total. The van der Waals surface area contributed by atoms with Crippen LogP contribution in [0.3, 0.4) is 0 Å². The van der Waals surface area contributed by atoms with Crippen LogP contribution in [0.15, 0.2) is 72.1 Å². The average molecular weight is 434 g/mol. The Morgan fingerprint density at radius 2 is 1.71 bits per heavy atom. The maximum Gasteiger partial charge on any atom is 0.347 e. The van der Waals surface area contributed by atoms with E-state index in [1.54, 1.807) is 35.6 Å². The van der Waals surface area contributed by atoms with Gasteiger partial charge in [0.25, 0.3) is 0 Å². The van der Waals surface area contributed by atoms with E-state index in [2.05, 4.69) is 35.7 Å². The molecule has 0 atom stereocenters. The molecule has 5 nitrogen and oxygen atoms in total. The molecule has 1 heterocycles. The first-order chi connectivity index (χ1) is 14.9. The molecule has 0 saturated carbocycles. The Kier molecular flexibility index (Phi) is 5.91. The largest absolute Gasteiger partial charge is 0.493 e. The maximum atomic E-state index is 11.2. The number of aromatic nitrogens is 1. The van der Waals surface area contributed by atoms with Crippen LogP contribution in [0.4, 0.5) is 0 Å². The van der Waals surface area contributed by atoms with Crippen LogP contribution in [0.1, 0.15) is 18.9 Å². The van der Waals surface area contributed by atoms with Crippen LogP contribution in [0.2, 0.25) is 0 Å². The van der Waals surface area contributed by atoms with Crippen molar-refractivity contribution in [2.45, 2.75) is 25.9 Å². The van der Waals surface area contributed by atoms with Gasteiger partial charge in [0.15, 0.2) is 5.60 Å². The van der Waals surface area contributed by atoms with Crippen LogP contribution in [0.5, 0.6) is 11.5 Å². The number of hydrogen-bond donors (Lipinski definition) is 1. The summed E-state index contributed by atoms with van der Waals surface area (Å²) in [6.07, 6.45) is 0.711. The molecule has 158 valence electrons. The number of aliphatic carboxylic acids is 1. The van der Waals surface area contributed by atoms with E-state index in [4.69, 9.17) is 19.6 Å². The van der Waals surface area contributed by atoms with Gasteiger partial charge in [-0.05, 0) is 55.0 Å². The number of ether oxygens (including phenoxy) is 2. The minimum absolute atomic E-state index is 0.486. The van der Waals surface area contributed by atoms with E-state index in [-0.39, 0.29) is 0 Å². The number of carboxylic acids is 1. The number of thiazole rings is 1. The topological polar surface area (TPSA) is 68.7 Å². The van der Waals surface area contributed by atoms with Crippen molar-refractivity contribution in [3.8, 4) is 22.8 Å². The van der Waals surface area contributed by atoms with Gasteiger partial charge in [-0.3, -0.25) is 0 Å². The summed E-state index contributed by atoms with van der Waals surface area (Å²) in [5.41, 5.74) is 0.811. The Morgan fingerprint density at radius 3 is 2.45 bits per heavy atom. The highest BCUT2D eigenvalue weighted by molar-refractivity contribution is 7.09. The highest BCUT2D eigenvalue weighted by atomic mass is 32.1. The monoisotopic (exact) mass is 433 g/mol. The smallest absolute Gasteiger partial charge is 0.347 e. The Hall–Kier alpha value is -3.38. The third-order valence-corrected chi connectivity index (χ3v) is 5.80. The van der Waals surface area contributed by atoms with Crippen molar-refractivity contribution in [3.63, 3.8) is 0 Å². The van der Waals surface area contributed by atoms with Crippen molar-refractivity contribution in [1.82, 2.24) is 4.98 Å². The summed E-state index contributed by atoms with van der Waals surface area (Å²) in [6.45, 7) is 3.53. The van der Waals surface area contributed by atoms with E-state index in [0.717, 1.165) is 16.3 Å². The molecule has 4 aromatic rings. The summed E-state index contributed by atoms with van der Waals surface area (Å²) in [6, 6.07) is 21.7. The van der Waals surface area contributed by atoms with Crippen molar-refractivity contribution in [2.24, 2.45) is 0 Å². The molecule has 0 aliphatic rings. The van der Waals surface area contributed by atoms with Gasteiger partial charge in [-0.1, -0.05) is 36.4 Å². The summed E-state index contributed by atoms with van der Waals surface area (Å²) in [5.74, 6) is 0.172. The fraction of sp³-hybridized carbons (Fsp3) is 0.200. The van der Waals surface area contributed by atoms with Crippen LogP contribution in [0, 0.1) is 0 Å². The standard InChI is InChI=1S/C25H23NO4S/c1-25(2,24(27)28)30-21-11-9-20(10-12-21)29-14-13-23-26-22(16-31-23)19-8-7-17-5-3-4-6-18(17)15-19/h3-12,15-16H,13-14H2,1-2H3,(H,27,28). The second kappa shape index (κ2) is 8.78. The first-order valence-corrected chi connectivity index (χ1v) is 10.9. The number of nitrogens with zero attached hydrogens (tertiary/aromatic N) is 1. The molecule has 0 saturated heterocycles. The molecule has 6 heteroatoms. The predicted octanol–water partition coefficient (Wildman–Crippen LogP) is 5.83. The van der Waals surface area contributed by atoms with Gasteiger partial charge in [0, 0.05) is 17.4 Å². The highest BCUT2D eigenvalue weighted by Gasteiger charge is 2.29. The van der Waals surface area contributed by atoms with E-state index in [0.29, 0.717) is 24.5 Å². The number of carbonyl (C=O) groups is 1. The first kappa shape index (κ1) is 20.9. The minimum Gasteiger partial charge on any atom is -0.493 e. The molecule has 0 fully saturated rings. The van der Waals surface area contributed by atoms with Gasteiger partial charge < -0.3 is 14.6 Å². The normalized spacial score (nSPS) is 11.4. The zero-order chi connectivity index (χ0) is 21.8. The first-order valence-electron chi connectivity index (χ1n) is 9.99. The molecule has 0 aliphatic carbocycles. The molecule has 0 unspecified atom stereocenters. The lowest BCUT2D eigenvalue weighted by Crippen LogP contribution is -2.37. The summed E-state index contributed by atoms with van der Waals surface area (Å²) >= 11 is 1.63. The van der Waals surface area contributed by atoms with Crippen LogP contribution >= 0.6 is 11.3 Å². The zero-order valence-corrected chi connectivity index (χ0v) is 18.2. The van der Waals surface area contributed by atoms with Gasteiger partial charge in [0.2, 0.25) is 0 Å². The molecule has 0 aliphatic heterocycles. The number of hydrogen-bond acceptors (Lipinski definition) is 5. The third kappa shape index (κ3) is 5.03. The predicted molar refractivity (Wildman–Crippen MR) is 123 cm³/mol. The van der Waals surface area contributed by atoms with Crippen molar-refractivity contribution >= 4 is 28.1 Å². The molecular weight excluding hydrogens is 410 g/mol. The molecule has 0 spiro atoms. The summed E-state index contributed by atoms with van der Waals surface area (Å²) < 4.78 is 11.3. The van der Waals surface area contributed by atoms with E-state index in [9.17, 15) is 4.79 Å². The van der Waals surface area contributed by atoms with E-state index in [1.807, 2.05) is 12.1 Å². The van der Waals surface area contributed by atoms with Crippen molar-refractivity contribution in [3.05, 3.63) is 77.1 Å². The van der Waals surface area contributed by atoms with E-state index in [1.165, 1.54) is 24.6 Å². The van der Waals surface area contributed by atoms with Gasteiger partial charge in [0.1, 0.15) is 11.5 Å². The molecule has 31 heavy (non-hydrogen) atoms. The minimum atomic E-state index is -1.28. The number of benzene rings is 3. The van der Waals surface area contributed by atoms with Gasteiger partial charge in [-0.15, -0.1) is 11.3 Å². The van der Waals surface area contributed by atoms with Crippen molar-refractivity contribution in [1.29, 1.82) is 0 Å². The Bertz CT molecular complexity index is 1200. The lowest BCUT2D eigenvalue weighted by molar-refractivity contribution is -0.152. The second-order valence-electron chi connectivity index (χ2n) is 7.68. The third-order valence-electron chi connectivity index (χ3n) is 4.89. The summed E-state index contributed by atoms with van der Waals surface area (Å²) in [7, 11) is 0. The van der Waals surface area contributed by atoms with Crippen molar-refractivity contribution in [2.75, 3.05) is 6.61 Å². The molecule has 1 aromatic heterocycles. The lowest BCUT2D eigenvalue weighted by Gasteiger charge is -2.21. The summed E-state index contributed by atoms with van der Waals surface area (Å²) in [4.78, 5) is 15.9. The van der Waals surface area contributed by atoms with Crippen LogP contribution < -0.4 is 9.47 Å². The SMILES string of the molecule is CC(C)(Oc1ccc(OCCc2nc(-c3ccc4ccccc4c3)cs2)cc1)C(=O)O. The Morgan fingerprint density at radius 1 is 1.00 bits per heavy atom. The fourth-order valence-electron chi connectivity index (χ4n) is 3.11. The van der Waals surface area contributed by atoms with Gasteiger partial charge in [-0.2, -0.15) is 0 Å². The number of rotatable bonds is 8. The highest BCUT2D eigenvalue weighted by Crippen LogP contribution is 2.26. The van der Waals surface area contributed by atoms with Gasteiger partial charge in [-0.25, -0.2) is 9.78 Å². The molecule has 0 radical (unpaired) electrons. The van der Waals surface area contributed by atoms with Gasteiger partial charge in [0.05, 0.1) is 17.3 Å². The quantitative estimate of drug-likeness (QED) is 0.379. The Balaban J connectivity index is 1.33. The van der Waals surface area contributed by atoms with Crippen LogP contribution in [0.25, 0.3) is 22.0 Å². The average Bonchev–Trinajstić information content (AvgIpc) is 3.23.